The molecule has 4 heteroatoms. The summed E-state index contributed by atoms with van der Waals surface area (Å²) in [6.07, 6.45) is 0. The van der Waals surface area contributed by atoms with Gasteiger partial charge in [-0.05, 0) is 35.1 Å². The van der Waals surface area contributed by atoms with Crippen molar-refractivity contribution in [2.75, 3.05) is 0 Å². The molecule has 2 aromatic heterocycles. The molecular formula is C26H24N2S2. The van der Waals surface area contributed by atoms with Crippen LogP contribution in [-0.4, -0.2) is 9.97 Å². The van der Waals surface area contributed by atoms with E-state index < -0.39 is 0 Å². The highest BCUT2D eigenvalue weighted by Gasteiger charge is 2.12. The first-order valence-corrected chi connectivity index (χ1v) is 12.0. The number of fused-ring (bicyclic) bond motifs is 2. The Labute approximate surface area is 185 Å². The summed E-state index contributed by atoms with van der Waals surface area (Å²) in [4.78, 5) is 9.84. The summed E-state index contributed by atoms with van der Waals surface area (Å²) in [7, 11) is 0. The van der Waals surface area contributed by atoms with E-state index in [0.717, 1.165) is 21.0 Å². The van der Waals surface area contributed by atoms with Crippen LogP contribution in [0.2, 0.25) is 0 Å². The molecule has 2 heterocycles. The fourth-order valence-corrected chi connectivity index (χ4v) is 5.59. The first kappa shape index (κ1) is 19.4. The summed E-state index contributed by atoms with van der Waals surface area (Å²) in [6, 6.07) is 22.0. The molecular weight excluding hydrogens is 404 g/mol. The summed E-state index contributed by atoms with van der Waals surface area (Å²) in [5.41, 5.74) is 7.20. The average Bonchev–Trinajstić information content (AvgIpc) is 3.35. The molecule has 5 aromatic rings. The van der Waals surface area contributed by atoms with Gasteiger partial charge < -0.3 is 0 Å². The number of rotatable bonds is 4. The molecule has 0 aliphatic heterocycles. The zero-order valence-corrected chi connectivity index (χ0v) is 19.3. The quantitative estimate of drug-likeness (QED) is 0.287. The van der Waals surface area contributed by atoms with Gasteiger partial charge in [0, 0.05) is 11.1 Å². The molecule has 3 aromatic carbocycles. The van der Waals surface area contributed by atoms with Gasteiger partial charge in [0.05, 0.1) is 20.4 Å². The van der Waals surface area contributed by atoms with Gasteiger partial charge in [0.1, 0.15) is 10.0 Å². The van der Waals surface area contributed by atoms with E-state index in [9.17, 15) is 0 Å². The molecule has 0 amide bonds. The van der Waals surface area contributed by atoms with E-state index in [1.165, 1.54) is 31.7 Å². The van der Waals surface area contributed by atoms with Gasteiger partial charge >= 0.3 is 0 Å². The molecule has 5 rings (SSSR count). The molecule has 0 spiro atoms. The molecule has 0 saturated heterocycles. The lowest BCUT2D eigenvalue weighted by atomic mass is 10.0. The van der Waals surface area contributed by atoms with Crippen molar-refractivity contribution >= 4 is 43.1 Å². The third-order valence-electron chi connectivity index (χ3n) is 5.55. The Bertz CT molecular complexity index is 1170. The highest BCUT2D eigenvalue weighted by Crippen LogP contribution is 2.37. The third-order valence-corrected chi connectivity index (χ3v) is 7.68. The van der Waals surface area contributed by atoms with Crippen molar-refractivity contribution in [2.24, 2.45) is 0 Å². The maximum atomic E-state index is 4.92. The lowest BCUT2D eigenvalue weighted by molar-refractivity contribution is 0.867. The minimum Gasteiger partial charge on any atom is -0.236 e. The maximum Gasteiger partial charge on any atom is 0.124 e. The number of hydrogen-bond acceptors (Lipinski definition) is 4. The lowest BCUT2D eigenvalue weighted by Crippen LogP contribution is -1.86. The fourth-order valence-electron chi connectivity index (χ4n) is 3.62. The first-order valence-electron chi connectivity index (χ1n) is 10.4. The molecule has 2 nitrogen and oxygen atoms in total. The van der Waals surface area contributed by atoms with E-state index in [-0.39, 0.29) is 0 Å². The van der Waals surface area contributed by atoms with Crippen LogP contribution in [0.25, 0.3) is 41.6 Å². The highest BCUT2D eigenvalue weighted by atomic mass is 32.1. The second-order valence-electron chi connectivity index (χ2n) is 8.38. The molecule has 0 radical (unpaired) electrons. The van der Waals surface area contributed by atoms with E-state index in [0.29, 0.717) is 11.8 Å². The Morgan fingerprint density at radius 2 is 0.933 bits per heavy atom. The molecule has 0 fully saturated rings. The van der Waals surface area contributed by atoms with E-state index in [2.05, 4.69) is 88.4 Å². The van der Waals surface area contributed by atoms with Gasteiger partial charge in [-0.2, -0.15) is 0 Å². The van der Waals surface area contributed by atoms with Crippen LogP contribution in [0.1, 0.15) is 50.7 Å². The number of thiazole rings is 2. The van der Waals surface area contributed by atoms with Gasteiger partial charge in [0.15, 0.2) is 0 Å². The Balaban J connectivity index is 1.50. The minimum absolute atomic E-state index is 0.544. The number of nitrogens with zero attached hydrogens (tertiary/aromatic N) is 2. The highest BCUT2D eigenvalue weighted by molar-refractivity contribution is 7.23. The Morgan fingerprint density at radius 3 is 1.27 bits per heavy atom. The van der Waals surface area contributed by atoms with Crippen LogP contribution >= 0.6 is 22.7 Å². The van der Waals surface area contributed by atoms with Gasteiger partial charge in [-0.1, -0.05) is 76.2 Å². The van der Waals surface area contributed by atoms with Crippen LogP contribution < -0.4 is 0 Å². The summed E-state index contributed by atoms with van der Waals surface area (Å²) in [5.74, 6) is 1.09. The second kappa shape index (κ2) is 7.60. The van der Waals surface area contributed by atoms with Gasteiger partial charge in [-0.25, -0.2) is 9.97 Å². The van der Waals surface area contributed by atoms with Gasteiger partial charge in [0.25, 0.3) is 0 Å². The molecule has 0 bridgehead atoms. The average molecular weight is 429 g/mol. The first-order chi connectivity index (χ1) is 14.5. The molecule has 0 aliphatic carbocycles. The van der Waals surface area contributed by atoms with E-state index in [4.69, 9.17) is 9.97 Å². The number of benzene rings is 3. The van der Waals surface area contributed by atoms with Crippen LogP contribution in [0, 0.1) is 0 Å². The van der Waals surface area contributed by atoms with Crippen molar-refractivity contribution < 1.29 is 0 Å². The van der Waals surface area contributed by atoms with Crippen molar-refractivity contribution in [3.63, 3.8) is 0 Å². The Morgan fingerprint density at radius 1 is 0.567 bits per heavy atom. The maximum absolute atomic E-state index is 4.92. The Hall–Kier alpha value is -2.56. The number of aromatic nitrogens is 2. The largest absolute Gasteiger partial charge is 0.236 e. The van der Waals surface area contributed by atoms with Gasteiger partial charge in [0.2, 0.25) is 0 Å². The van der Waals surface area contributed by atoms with Crippen molar-refractivity contribution in [2.45, 2.75) is 39.5 Å². The van der Waals surface area contributed by atoms with Crippen LogP contribution in [-0.2, 0) is 0 Å². The van der Waals surface area contributed by atoms with Gasteiger partial charge in [-0.3, -0.25) is 0 Å². The SMILES string of the molecule is CC(C)c1ccc(-c2nc3cc4sc(-c5ccc(C(C)C)cc5)nc4cc3s2)cc1. The van der Waals surface area contributed by atoms with E-state index >= 15 is 0 Å². The zero-order chi connectivity index (χ0) is 20.8. The van der Waals surface area contributed by atoms with E-state index in [1.807, 2.05) is 0 Å². The molecule has 0 N–H and O–H groups in total. The minimum atomic E-state index is 0.544. The van der Waals surface area contributed by atoms with Crippen LogP contribution in [0.15, 0.2) is 60.7 Å². The predicted octanol–water partition coefficient (Wildman–Crippen LogP) is 8.49. The van der Waals surface area contributed by atoms with Crippen LogP contribution in [0.4, 0.5) is 0 Å². The van der Waals surface area contributed by atoms with Crippen molar-refractivity contribution in [3.05, 3.63) is 71.8 Å². The summed E-state index contributed by atoms with van der Waals surface area (Å²) >= 11 is 3.49. The molecule has 0 unspecified atom stereocenters. The summed E-state index contributed by atoms with van der Waals surface area (Å²) in [6.45, 7) is 8.89. The topological polar surface area (TPSA) is 25.8 Å². The van der Waals surface area contributed by atoms with Crippen molar-refractivity contribution in [1.29, 1.82) is 0 Å². The summed E-state index contributed by atoms with van der Waals surface area (Å²) < 4.78 is 2.38. The smallest absolute Gasteiger partial charge is 0.124 e. The molecule has 0 aliphatic rings. The molecule has 30 heavy (non-hydrogen) atoms. The molecule has 0 saturated carbocycles. The molecule has 0 atom stereocenters. The normalized spacial score (nSPS) is 11.9. The monoisotopic (exact) mass is 428 g/mol. The predicted molar refractivity (Wildman–Crippen MR) is 132 cm³/mol. The van der Waals surface area contributed by atoms with Crippen molar-refractivity contribution in [3.8, 4) is 21.1 Å². The number of hydrogen-bond donors (Lipinski definition) is 0. The fraction of sp³-hybridized carbons (Fsp3) is 0.231. The van der Waals surface area contributed by atoms with E-state index in [1.54, 1.807) is 22.7 Å². The standard InChI is InChI=1S/C26H24N2S2/c1-15(2)17-5-9-19(10-6-17)25-27-21-13-24-22(14-23(21)29-25)28-26(30-24)20-11-7-18(8-12-20)16(3)4/h5-16H,1-4H3. The van der Waals surface area contributed by atoms with Gasteiger partial charge in [-0.15, -0.1) is 22.7 Å². The zero-order valence-electron chi connectivity index (χ0n) is 17.6. The second-order valence-corrected chi connectivity index (χ2v) is 10.4. The molecule has 150 valence electrons. The van der Waals surface area contributed by atoms with Crippen LogP contribution in [0.3, 0.4) is 0 Å². The van der Waals surface area contributed by atoms with Crippen LogP contribution in [0.5, 0.6) is 0 Å². The lowest BCUT2D eigenvalue weighted by Gasteiger charge is -2.05. The summed E-state index contributed by atoms with van der Waals surface area (Å²) in [5, 5.41) is 2.14. The Kier molecular flexibility index (Phi) is 4.92. The van der Waals surface area contributed by atoms with Crippen molar-refractivity contribution in [1.82, 2.24) is 9.97 Å². The third kappa shape index (κ3) is 3.55.